The van der Waals surface area contributed by atoms with Crippen molar-refractivity contribution in [2.24, 2.45) is 0 Å². The molecule has 0 spiro atoms. The maximum Gasteiger partial charge on any atom is 0.243 e. The predicted octanol–water partition coefficient (Wildman–Crippen LogP) is 5.06. The SMILES string of the molecule is Cc1cccc(NC(=O)CNc2ccc(OCCCc3ccccc3)cc2)c1. The summed E-state index contributed by atoms with van der Waals surface area (Å²) in [6.45, 7) is 2.89. The fourth-order valence-electron chi connectivity index (χ4n) is 2.89. The Hall–Kier alpha value is -3.27. The van der Waals surface area contributed by atoms with Gasteiger partial charge in [-0.3, -0.25) is 4.79 Å². The lowest BCUT2D eigenvalue weighted by atomic mass is 10.1. The average Bonchev–Trinajstić information content (AvgIpc) is 2.71. The summed E-state index contributed by atoms with van der Waals surface area (Å²) in [5.74, 6) is 0.759. The van der Waals surface area contributed by atoms with Crippen LogP contribution in [0.15, 0.2) is 78.9 Å². The number of benzene rings is 3. The number of hydrogen-bond donors (Lipinski definition) is 2. The van der Waals surface area contributed by atoms with E-state index in [0.29, 0.717) is 6.61 Å². The number of hydrogen-bond acceptors (Lipinski definition) is 3. The van der Waals surface area contributed by atoms with Crippen molar-refractivity contribution in [2.75, 3.05) is 23.8 Å². The third kappa shape index (κ3) is 6.47. The van der Waals surface area contributed by atoms with Crippen molar-refractivity contribution < 1.29 is 9.53 Å². The zero-order chi connectivity index (χ0) is 19.6. The fourth-order valence-corrected chi connectivity index (χ4v) is 2.89. The molecule has 0 saturated heterocycles. The molecule has 4 heteroatoms. The van der Waals surface area contributed by atoms with Gasteiger partial charge in [0.05, 0.1) is 13.2 Å². The van der Waals surface area contributed by atoms with Crippen molar-refractivity contribution in [1.29, 1.82) is 0 Å². The molecule has 4 nitrogen and oxygen atoms in total. The highest BCUT2D eigenvalue weighted by atomic mass is 16.5. The predicted molar refractivity (Wildman–Crippen MR) is 115 cm³/mol. The smallest absolute Gasteiger partial charge is 0.243 e. The monoisotopic (exact) mass is 374 g/mol. The molecule has 0 aliphatic carbocycles. The minimum atomic E-state index is -0.0770. The molecule has 3 aromatic rings. The average molecular weight is 374 g/mol. The van der Waals surface area contributed by atoms with Crippen LogP contribution < -0.4 is 15.4 Å². The first-order valence-corrected chi connectivity index (χ1v) is 9.56. The topological polar surface area (TPSA) is 50.4 Å². The summed E-state index contributed by atoms with van der Waals surface area (Å²) in [6, 6.07) is 25.9. The minimum Gasteiger partial charge on any atom is -0.494 e. The lowest BCUT2D eigenvalue weighted by Gasteiger charge is -2.10. The van der Waals surface area contributed by atoms with Gasteiger partial charge in [0.25, 0.3) is 0 Å². The van der Waals surface area contributed by atoms with E-state index < -0.39 is 0 Å². The van der Waals surface area contributed by atoms with Crippen molar-refractivity contribution in [2.45, 2.75) is 19.8 Å². The number of aryl methyl sites for hydroxylation is 2. The molecule has 0 fully saturated rings. The van der Waals surface area contributed by atoms with Gasteiger partial charge < -0.3 is 15.4 Å². The van der Waals surface area contributed by atoms with Gasteiger partial charge in [0, 0.05) is 11.4 Å². The molecule has 144 valence electrons. The Labute approximate surface area is 166 Å². The number of ether oxygens (including phenoxy) is 1. The second kappa shape index (κ2) is 10.2. The Kier molecular flexibility index (Phi) is 7.08. The van der Waals surface area contributed by atoms with Gasteiger partial charge in [-0.05, 0) is 67.3 Å². The molecule has 3 aromatic carbocycles. The van der Waals surface area contributed by atoms with E-state index >= 15 is 0 Å². The van der Waals surface area contributed by atoms with Gasteiger partial charge >= 0.3 is 0 Å². The maximum absolute atomic E-state index is 12.1. The first-order valence-electron chi connectivity index (χ1n) is 9.56. The number of nitrogens with one attached hydrogen (secondary N) is 2. The first kappa shape index (κ1) is 19.5. The van der Waals surface area contributed by atoms with Crippen molar-refractivity contribution in [3.8, 4) is 5.75 Å². The quantitative estimate of drug-likeness (QED) is 0.515. The van der Waals surface area contributed by atoms with E-state index in [9.17, 15) is 4.79 Å². The molecule has 1 amide bonds. The zero-order valence-corrected chi connectivity index (χ0v) is 16.2. The van der Waals surface area contributed by atoms with Crippen LogP contribution in [-0.2, 0) is 11.2 Å². The van der Waals surface area contributed by atoms with Crippen LogP contribution in [0.4, 0.5) is 11.4 Å². The van der Waals surface area contributed by atoms with Gasteiger partial charge in [-0.25, -0.2) is 0 Å². The summed E-state index contributed by atoms with van der Waals surface area (Å²) in [4.78, 5) is 12.1. The number of carbonyl (C=O) groups excluding carboxylic acids is 1. The van der Waals surface area contributed by atoms with Crippen molar-refractivity contribution >= 4 is 17.3 Å². The molecule has 0 atom stereocenters. The summed E-state index contributed by atoms with van der Waals surface area (Å²) < 4.78 is 5.79. The van der Waals surface area contributed by atoms with Crippen LogP contribution in [0.5, 0.6) is 5.75 Å². The van der Waals surface area contributed by atoms with Crippen molar-refractivity contribution in [3.05, 3.63) is 90.0 Å². The Morgan fingerprint density at radius 2 is 1.68 bits per heavy atom. The van der Waals surface area contributed by atoms with E-state index in [1.807, 2.05) is 61.5 Å². The second-order valence-corrected chi connectivity index (χ2v) is 6.73. The Balaban J connectivity index is 1.37. The highest BCUT2D eigenvalue weighted by molar-refractivity contribution is 5.93. The summed E-state index contributed by atoms with van der Waals surface area (Å²) >= 11 is 0. The molecule has 0 radical (unpaired) electrons. The van der Waals surface area contributed by atoms with E-state index in [1.165, 1.54) is 5.56 Å². The van der Waals surface area contributed by atoms with Crippen LogP contribution >= 0.6 is 0 Å². The van der Waals surface area contributed by atoms with Gasteiger partial charge in [0.2, 0.25) is 5.91 Å². The van der Waals surface area contributed by atoms with Crippen LogP contribution in [0.2, 0.25) is 0 Å². The third-order valence-corrected chi connectivity index (χ3v) is 4.33. The van der Waals surface area contributed by atoms with Crippen LogP contribution in [-0.4, -0.2) is 19.1 Å². The van der Waals surface area contributed by atoms with E-state index in [-0.39, 0.29) is 12.5 Å². The molecule has 0 bridgehead atoms. The molecule has 28 heavy (non-hydrogen) atoms. The minimum absolute atomic E-state index is 0.0770. The fraction of sp³-hybridized carbons (Fsp3) is 0.208. The normalized spacial score (nSPS) is 10.3. The second-order valence-electron chi connectivity index (χ2n) is 6.73. The molecule has 2 N–H and O–H groups in total. The summed E-state index contributed by atoms with van der Waals surface area (Å²) in [6.07, 6.45) is 1.99. The van der Waals surface area contributed by atoms with Crippen molar-refractivity contribution in [3.63, 3.8) is 0 Å². The lowest BCUT2D eigenvalue weighted by Crippen LogP contribution is -2.21. The number of carbonyl (C=O) groups is 1. The van der Waals surface area contributed by atoms with E-state index in [4.69, 9.17) is 4.74 Å². The molecule has 0 aromatic heterocycles. The highest BCUT2D eigenvalue weighted by Gasteiger charge is 2.03. The molecule has 0 heterocycles. The maximum atomic E-state index is 12.1. The van der Waals surface area contributed by atoms with Crippen LogP contribution in [0.3, 0.4) is 0 Å². The summed E-state index contributed by atoms with van der Waals surface area (Å²) in [7, 11) is 0. The Morgan fingerprint density at radius 3 is 2.43 bits per heavy atom. The van der Waals surface area contributed by atoms with Gasteiger partial charge in [-0.15, -0.1) is 0 Å². The Morgan fingerprint density at radius 1 is 0.893 bits per heavy atom. The van der Waals surface area contributed by atoms with E-state index in [1.54, 1.807) is 0 Å². The lowest BCUT2D eigenvalue weighted by molar-refractivity contribution is -0.114. The molecule has 0 unspecified atom stereocenters. The zero-order valence-electron chi connectivity index (χ0n) is 16.2. The van der Waals surface area contributed by atoms with Crippen LogP contribution in [0, 0.1) is 6.92 Å². The van der Waals surface area contributed by atoms with Crippen LogP contribution in [0.1, 0.15) is 17.5 Å². The summed E-state index contributed by atoms with van der Waals surface area (Å²) in [5.41, 5.74) is 4.14. The van der Waals surface area contributed by atoms with Gasteiger partial charge in [0.15, 0.2) is 0 Å². The molecule has 3 rings (SSSR count). The van der Waals surface area contributed by atoms with E-state index in [0.717, 1.165) is 35.5 Å². The van der Waals surface area contributed by atoms with Crippen molar-refractivity contribution in [1.82, 2.24) is 0 Å². The van der Waals surface area contributed by atoms with Gasteiger partial charge in [-0.1, -0.05) is 42.5 Å². The first-order chi connectivity index (χ1) is 13.7. The van der Waals surface area contributed by atoms with Gasteiger partial charge in [-0.2, -0.15) is 0 Å². The number of amides is 1. The summed E-state index contributed by atoms with van der Waals surface area (Å²) in [5, 5.41) is 6.01. The van der Waals surface area contributed by atoms with Gasteiger partial charge in [0.1, 0.15) is 5.75 Å². The van der Waals surface area contributed by atoms with E-state index in [2.05, 4.69) is 34.9 Å². The molecular weight excluding hydrogens is 348 g/mol. The standard InChI is InChI=1S/C24H26N2O2/c1-19-7-5-11-22(17-19)26-24(27)18-25-21-12-14-23(15-13-21)28-16-6-10-20-8-3-2-4-9-20/h2-5,7-9,11-15,17,25H,6,10,16,18H2,1H3,(H,26,27). The molecule has 0 aliphatic rings. The third-order valence-electron chi connectivity index (χ3n) is 4.33. The number of rotatable bonds is 9. The molecule has 0 aliphatic heterocycles. The van der Waals surface area contributed by atoms with Crippen LogP contribution in [0.25, 0.3) is 0 Å². The molecular formula is C24H26N2O2. The highest BCUT2D eigenvalue weighted by Crippen LogP contribution is 2.16. The molecule has 0 saturated carbocycles. The number of anilines is 2. The Bertz CT molecular complexity index is 877. The largest absolute Gasteiger partial charge is 0.494 e.